The number of hydrogen-bond acceptors (Lipinski definition) is 2. The topological polar surface area (TPSA) is 29.3 Å². The minimum atomic E-state index is 0.471. The lowest BCUT2D eigenvalue weighted by atomic mass is 9.79. The molecule has 1 aliphatic rings. The van der Waals surface area contributed by atoms with Crippen molar-refractivity contribution in [1.29, 1.82) is 0 Å². The highest BCUT2D eigenvalue weighted by atomic mass is 35.5. The first kappa shape index (κ1) is 15.8. The fourth-order valence-electron chi connectivity index (χ4n) is 3.42. The van der Waals surface area contributed by atoms with Crippen molar-refractivity contribution in [2.45, 2.75) is 45.2 Å². The van der Waals surface area contributed by atoms with Crippen LogP contribution in [0.15, 0.2) is 24.3 Å². The quantitative estimate of drug-likeness (QED) is 0.892. The zero-order chi connectivity index (χ0) is 14.5. The Kier molecular flexibility index (Phi) is 5.88. The molecule has 1 aromatic rings. The van der Waals surface area contributed by atoms with Crippen molar-refractivity contribution in [2.75, 3.05) is 13.6 Å². The molecule has 0 aliphatic heterocycles. The van der Waals surface area contributed by atoms with Crippen molar-refractivity contribution in [2.24, 2.45) is 17.6 Å². The molecule has 20 heavy (non-hydrogen) atoms. The number of nitrogens with zero attached hydrogens (tertiary/aromatic N) is 1. The third kappa shape index (κ3) is 3.97. The Morgan fingerprint density at radius 2 is 1.90 bits per heavy atom. The normalized spacial score (nSPS) is 24.9. The Morgan fingerprint density at radius 3 is 2.50 bits per heavy atom. The number of halogens is 1. The van der Waals surface area contributed by atoms with Crippen molar-refractivity contribution in [1.82, 2.24) is 4.90 Å². The van der Waals surface area contributed by atoms with Crippen molar-refractivity contribution in [3.05, 3.63) is 34.9 Å². The van der Waals surface area contributed by atoms with Crippen LogP contribution in [0.1, 0.15) is 38.2 Å². The zero-order valence-corrected chi connectivity index (χ0v) is 13.4. The van der Waals surface area contributed by atoms with Crippen LogP contribution in [0.3, 0.4) is 0 Å². The van der Waals surface area contributed by atoms with Gasteiger partial charge in [-0.25, -0.2) is 0 Å². The van der Waals surface area contributed by atoms with Crippen molar-refractivity contribution < 1.29 is 0 Å². The molecule has 1 saturated carbocycles. The largest absolute Gasteiger partial charge is 0.329 e. The first-order valence-corrected chi connectivity index (χ1v) is 8.13. The molecule has 1 atom stereocenters. The number of likely N-dealkylation sites (N-methyl/N-ethyl adjacent to an activating group) is 1. The molecular weight excluding hydrogens is 268 g/mol. The minimum Gasteiger partial charge on any atom is -0.329 e. The second-order valence-electron chi connectivity index (χ2n) is 6.33. The molecule has 1 fully saturated rings. The highest BCUT2D eigenvalue weighted by molar-refractivity contribution is 6.31. The van der Waals surface area contributed by atoms with E-state index < -0.39 is 0 Å². The summed E-state index contributed by atoms with van der Waals surface area (Å²) in [6.45, 7) is 3.98. The van der Waals surface area contributed by atoms with Crippen LogP contribution in [-0.4, -0.2) is 24.5 Å². The van der Waals surface area contributed by atoms with E-state index in [0.717, 1.165) is 29.9 Å². The first-order chi connectivity index (χ1) is 9.61. The van der Waals surface area contributed by atoms with Gasteiger partial charge in [0, 0.05) is 24.2 Å². The van der Waals surface area contributed by atoms with E-state index >= 15 is 0 Å². The lowest BCUT2D eigenvalue weighted by Crippen LogP contribution is -2.44. The van der Waals surface area contributed by atoms with Crippen LogP contribution in [-0.2, 0) is 6.54 Å². The summed E-state index contributed by atoms with van der Waals surface area (Å²) < 4.78 is 0. The van der Waals surface area contributed by atoms with Crippen LogP contribution in [0.5, 0.6) is 0 Å². The molecule has 0 bridgehead atoms. The summed E-state index contributed by atoms with van der Waals surface area (Å²) in [5, 5.41) is 0.854. The molecule has 0 radical (unpaired) electrons. The van der Waals surface area contributed by atoms with Crippen LogP contribution >= 0.6 is 11.6 Å². The van der Waals surface area contributed by atoms with E-state index in [-0.39, 0.29) is 0 Å². The summed E-state index contributed by atoms with van der Waals surface area (Å²) in [7, 11) is 2.18. The van der Waals surface area contributed by atoms with Crippen molar-refractivity contribution in [3.8, 4) is 0 Å². The third-order valence-electron chi connectivity index (χ3n) is 4.79. The van der Waals surface area contributed by atoms with Gasteiger partial charge in [-0.15, -0.1) is 0 Å². The van der Waals surface area contributed by atoms with Gasteiger partial charge in [-0.2, -0.15) is 0 Å². The monoisotopic (exact) mass is 294 g/mol. The number of hydrogen-bond donors (Lipinski definition) is 1. The van der Waals surface area contributed by atoms with E-state index in [1.807, 2.05) is 12.1 Å². The fourth-order valence-corrected chi connectivity index (χ4v) is 3.61. The predicted octanol–water partition coefficient (Wildman–Crippen LogP) is 3.93. The molecule has 0 saturated heterocycles. The van der Waals surface area contributed by atoms with E-state index in [1.54, 1.807) is 0 Å². The van der Waals surface area contributed by atoms with Gasteiger partial charge in [0.2, 0.25) is 0 Å². The number of benzene rings is 1. The average molecular weight is 295 g/mol. The first-order valence-electron chi connectivity index (χ1n) is 7.75. The maximum atomic E-state index is 6.26. The van der Waals surface area contributed by atoms with Crippen LogP contribution in [0.2, 0.25) is 5.02 Å². The summed E-state index contributed by atoms with van der Waals surface area (Å²) in [6.07, 6.45) is 5.33. The Labute approximate surface area is 128 Å². The van der Waals surface area contributed by atoms with Gasteiger partial charge in [-0.05, 0) is 43.4 Å². The van der Waals surface area contributed by atoms with E-state index in [0.29, 0.717) is 6.04 Å². The lowest BCUT2D eigenvalue weighted by molar-refractivity contribution is 0.130. The van der Waals surface area contributed by atoms with E-state index in [1.165, 1.54) is 31.2 Å². The van der Waals surface area contributed by atoms with E-state index in [9.17, 15) is 0 Å². The summed E-state index contributed by atoms with van der Waals surface area (Å²) in [4.78, 5) is 2.39. The molecule has 2 nitrogen and oxygen atoms in total. The van der Waals surface area contributed by atoms with E-state index in [4.69, 9.17) is 17.3 Å². The standard InChI is InChI=1S/C17H27ClN2/c1-13-7-9-14(10-8-13)17(11-19)20(2)12-15-5-3-4-6-16(15)18/h3-6,13-14,17H,7-12,19H2,1-2H3. The Morgan fingerprint density at radius 1 is 1.25 bits per heavy atom. The maximum absolute atomic E-state index is 6.26. The molecule has 2 N–H and O–H groups in total. The van der Waals surface area contributed by atoms with Crippen molar-refractivity contribution >= 4 is 11.6 Å². The molecule has 112 valence electrons. The summed E-state index contributed by atoms with van der Waals surface area (Å²) in [6, 6.07) is 8.57. The molecular formula is C17H27ClN2. The van der Waals surface area contributed by atoms with Gasteiger partial charge in [0.05, 0.1) is 0 Å². The summed E-state index contributed by atoms with van der Waals surface area (Å²) in [5.74, 6) is 1.63. The Hall–Kier alpha value is -0.570. The molecule has 3 heteroatoms. The van der Waals surface area contributed by atoms with E-state index in [2.05, 4.69) is 31.0 Å². The predicted molar refractivity (Wildman–Crippen MR) is 86.9 cm³/mol. The molecule has 2 rings (SSSR count). The molecule has 0 aromatic heterocycles. The second kappa shape index (κ2) is 7.44. The molecule has 0 spiro atoms. The van der Waals surface area contributed by atoms with Crippen LogP contribution in [0.25, 0.3) is 0 Å². The SMILES string of the molecule is CC1CCC(C(CN)N(C)Cc2ccccc2Cl)CC1. The average Bonchev–Trinajstić information content (AvgIpc) is 2.44. The van der Waals surface area contributed by atoms with Crippen LogP contribution in [0.4, 0.5) is 0 Å². The van der Waals surface area contributed by atoms with Gasteiger partial charge < -0.3 is 5.73 Å². The van der Waals surface area contributed by atoms with Gasteiger partial charge in [-0.3, -0.25) is 4.90 Å². The minimum absolute atomic E-state index is 0.471. The van der Waals surface area contributed by atoms with Gasteiger partial charge in [0.1, 0.15) is 0 Å². The Balaban J connectivity index is 1.98. The number of nitrogens with two attached hydrogens (primary N) is 1. The van der Waals surface area contributed by atoms with Gasteiger partial charge in [0.15, 0.2) is 0 Å². The molecule has 0 amide bonds. The van der Waals surface area contributed by atoms with Gasteiger partial charge in [-0.1, -0.05) is 49.6 Å². The molecule has 1 aromatic carbocycles. The van der Waals surface area contributed by atoms with Crippen LogP contribution < -0.4 is 5.73 Å². The molecule has 1 aliphatic carbocycles. The highest BCUT2D eigenvalue weighted by Gasteiger charge is 2.28. The van der Waals surface area contributed by atoms with Crippen LogP contribution in [0, 0.1) is 11.8 Å². The third-order valence-corrected chi connectivity index (χ3v) is 5.16. The summed E-state index contributed by atoms with van der Waals surface area (Å²) >= 11 is 6.26. The smallest absolute Gasteiger partial charge is 0.0451 e. The van der Waals surface area contributed by atoms with Gasteiger partial charge >= 0.3 is 0 Å². The zero-order valence-electron chi connectivity index (χ0n) is 12.7. The van der Waals surface area contributed by atoms with Crippen molar-refractivity contribution in [3.63, 3.8) is 0 Å². The maximum Gasteiger partial charge on any atom is 0.0451 e. The number of rotatable bonds is 5. The van der Waals surface area contributed by atoms with Gasteiger partial charge in [0.25, 0.3) is 0 Å². The fraction of sp³-hybridized carbons (Fsp3) is 0.647. The molecule has 0 heterocycles. The second-order valence-corrected chi connectivity index (χ2v) is 6.74. The molecule has 1 unspecified atom stereocenters. The lowest BCUT2D eigenvalue weighted by Gasteiger charge is -2.37. The summed E-state index contributed by atoms with van der Waals surface area (Å²) in [5.41, 5.74) is 7.25. The Bertz CT molecular complexity index is 413. The highest BCUT2D eigenvalue weighted by Crippen LogP contribution is 2.32.